The van der Waals surface area contributed by atoms with Crippen LogP contribution in [0.3, 0.4) is 0 Å². The highest BCUT2D eigenvalue weighted by molar-refractivity contribution is 6.06. The van der Waals surface area contributed by atoms with Gasteiger partial charge in [-0.25, -0.2) is 4.99 Å². The molecule has 4 rings (SSSR count). The second kappa shape index (κ2) is 12.4. The monoisotopic (exact) mass is 476 g/mol. The number of carbonyl (C=O) groups is 2. The van der Waals surface area contributed by atoms with E-state index in [0.29, 0.717) is 32.1 Å². The number of ether oxygens (including phenoxy) is 1. The molecule has 2 amide bonds. The van der Waals surface area contributed by atoms with Gasteiger partial charge < -0.3 is 14.5 Å². The lowest BCUT2D eigenvalue weighted by Gasteiger charge is -2.24. The first-order valence-electron chi connectivity index (χ1n) is 12.9. The third kappa shape index (κ3) is 6.62. The first-order valence-corrected chi connectivity index (χ1v) is 12.9. The summed E-state index contributed by atoms with van der Waals surface area (Å²) in [5, 5.41) is 2.79. The number of carbonyl (C=O) groups excluding carboxylic acids is 2. The van der Waals surface area contributed by atoms with E-state index in [1.54, 1.807) is 0 Å². The van der Waals surface area contributed by atoms with Crippen molar-refractivity contribution in [1.82, 2.24) is 10.2 Å². The Morgan fingerprint density at radius 1 is 1.00 bits per heavy atom. The molecule has 0 unspecified atom stereocenters. The predicted molar refractivity (Wildman–Crippen MR) is 139 cm³/mol. The van der Waals surface area contributed by atoms with Gasteiger partial charge in [-0.1, -0.05) is 50.5 Å². The molecule has 2 aromatic carbocycles. The number of hydrogen-bond acceptors (Lipinski definition) is 5. The van der Waals surface area contributed by atoms with Gasteiger partial charge in [0, 0.05) is 24.2 Å². The normalized spacial score (nSPS) is 14.1. The average molecular weight is 477 g/mol. The van der Waals surface area contributed by atoms with Crippen molar-refractivity contribution in [3.8, 4) is 5.75 Å². The summed E-state index contributed by atoms with van der Waals surface area (Å²) in [6, 6.07) is 15.9. The van der Waals surface area contributed by atoms with Gasteiger partial charge >= 0.3 is 0 Å². The molecule has 2 aliphatic heterocycles. The molecule has 0 spiro atoms. The molecule has 0 bridgehead atoms. The maximum atomic E-state index is 13.0. The zero-order valence-corrected chi connectivity index (χ0v) is 20.7. The highest BCUT2D eigenvalue weighted by Crippen LogP contribution is 2.34. The summed E-state index contributed by atoms with van der Waals surface area (Å²) in [4.78, 5) is 33.1. The van der Waals surface area contributed by atoms with Gasteiger partial charge in [0.05, 0.1) is 18.8 Å². The molecule has 1 N–H and O–H groups in total. The molecule has 2 aliphatic rings. The highest BCUT2D eigenvalue weighted by Gasteiger charge is 2.30. The maximum Gasteiger partial charge on any atom is 0.246 e. The Hall–Kier alpha value is -3.35. The molecule has 2 heterocycles. The number of anilines is 1. The van der Waals surface area contributed by atoms with Gasteiger partial charge in [0.2, 0.25) is 17.8 Å². The Morgan fingerprint density at radius 2 is 1.83 bits per heavy atom. The standard InChI is InChI=1S/C28H36N4O3/c1-2-3-4-10-18-32(22-13-7-5-8-14-22)27(34)17-9-6-11-19-35-25-16-12-15-24-23(25)20-31-21-26(33)30-28(31)29-24/h5,7-8,12-16H,2-4,6,9-11,17-21H2,1H3,(H,29,30,33). The van der Waals surface area contributed by atoms with Crippen LogP contribution in [0.4, 0.5) is 11.4 Å². The van der Waals surface area contributed by atoms with Crippen molar-refractivity contribution in [3.05, 3.63) is 54.1 Å². The zero-order valence-electron chi connectivity index (χ0n) is 20.7. The number of nitrogens with one attached hydrogen (secondary N) is 1. The molecular formula is C28H36N4O3. The number of guanidine groups is 1. The summed E-state index contributed by atoms with van der Waals surface area (Å²) < 4.78 is 6.08. The molecule has 0 atom stereocenters. The number of nitrogens with zero attached hydrogens (tertiary/aromatic N) is 3. The predicted octanol–water partition coefficient (Wildman–Crippen LogP) is 5.17. The van der Waals surface area contributed by atoms with Crippen molar-refractivity contribution in [2.24, 2.45) is 4.99 Å². The van der Waals surface area contributed by atoms with Gasteiger partial charge in [0.25, 0.3) is 0 Å². The number of unbranched alkanes of at least 4 members (excludes halogenated alkanes) is 5. The van der Waals surface area contributed by atoms with Crippen molar-refractivity contribution in [2.75, 3.05) is 24.6 Å². The van der Waals surface area contributed by atoms with Gasteiger partial charge in [0.1, 0.15) is 12.3 Å². The first kappa shape index (κ1) is 24.8. The highest BCUT2D eigenvalue weighted by atomic mass is 16.5. The van der Waals surface area contributed by atoms with Crippen LogP contribution in [0.2, 0.25) is 0 Å². The van der Waals surface area contributed by atoms with Crippen molar-refractivity contribution in [1.29, 1.82) is 0 Å². The molecule has 0 aliphatic carbocycles. The number of para-hydroxylation sites is 1. The van der Waals surface area contributed by atoms with E-state index in [1.807, 2.05) is 58.3 Å². The van der Waals surface area contributed by atoms with Crippen LogP contribution < -0.4 is 15.0 Å². The number of hydrogen-bond donors (Lipinski definition) is 1. The summed E-state index contributed by atoms with van der Waals surface area (Å²) in [7, 11) is 0. The van der Waals surface area contributed by atoms with Crippen LogP contribution in [-0.2, 0) is 16.1 Å². The molecule has 186 valence electrons. The molecule has 35 heavy (non-hydrogen) atoms. The minimum atomic E-state index is -0.0274. The Bertz CT molecular complexity index is 1040. The molecule has 0 radical (unpaired) electrons. The van der Waals surface area contributed by atoms with E-state index in [4.69, 9.17) is 4.74 Å². The van der Waals surface area contributed by atoms with Crippen LogP contribution in [0.15, 0.2) is 53.5 Å². The minimum Gasteiger partial charge on any atom is -0.493 e. The largest absolute Gasteiger partial charge is 0.493 e. The summed E-state index contributed by atoms with van der Waals surface area (Å²) in [5.74, 6) is 1.62. The topological polar surface area (TPSA) is 74.2 Å². The quantitative estimate of drug-likeness (QED) is 0.405. The van der Waals surface area contributed by atoms with Crippen LogP contribution in [0.5, 0.6) is 5.75 Å². The van der Waals surface area contributed by atoms with Crippen LogP contribution >= 0.6 is 0 Å². The third-order valence-corrected chi connectivity index (χ3v) is 6.47. The third-order valence-electron chi connectivity index (χ3n) is 6.47. The molecule has 7 nitrogen and oxygen atoms in total. The number of benzene rings is 2. The number of aliphatic imine (C=N–C) groups is 1. The summed E-state index contributed by atoms with van der Waals surface area (Å²) in [6.07, 6.45) is 7.82. The number of amides is 2. The van der Waals surface area contributed by atoms with Crippen molar-refractivity contribution < 1.29 is 14.3 Å². The Balaban J connectivity index is 1.22. The van der Waals surface area contributed by atoms with Gasteiger partial charge in [-0.3, -0.25) is 14.9 Å². The lowest BCUT2D eigenvalue weighted by atomic mass is 10.1. The van der Waals surface area contributed by atoms with Crippen molar-refractivity contribution >= 4 is 29.1 Å². The van der Waals surface area contributed by atoms with E-state index < -0.39 is 0 Å². The van der Waals surface area contributed by atoms with E-state index >= 15 is 0 Å². The van der Waals surface area contributed by atoms with E-state index in [-0.39, 0.29) is 11.8 Å². The van der Waals surface area contributed by atoms with Crippen LogP contribution in [-0.4, -0.2) is 42.4 Å². The van der Waals surface area contributed by atoms with Crippen LogP contribution in [0.1, 0.15) is 63.9 Å². The fourth-order valence-corrected chi connectivity index (χ4v) is 4.55. The molecule has 2 aromatic rings. The van der Waals surface area contributed by atoms with E-state index in [1.165, 1.54) is 12.8 Å². The smallest absolute Gasteiger partial charge is 0.246 e. The van der Waals surface area contributed by atoms with Gasteiger partial charge in [-0.05, 0) is 49.9 Å². The van der Waals surface area contributed by atoms with E-state index in [2.05, 4.69) is 17.2 Å². The Morgan fingerprint density at radius 3 is 2.66 bits per heavy atom. The number of rotatable bonds is 13. The first-order chi connectivity index (χ1) is 17.2. The van der Waals surface area contributed by atoms with Crippen LogP contribution in [0.25, 0.3) is 0 Å². The zero-order chi connectivity index (χ0) is 24.5. The molecule has 1 fully saturated rings. The molecule has 7 heteroatoms. The fourth-order valence-electron chi connectivity index (χ4n) is 4.55. The fraction of sp³-hybridized carbons (Fsp3) is 0.464. The van der Waals surface area contributed by atoms with E-state index in [0.717, 1.165) is 61.3 Å². The molecule has 0 aromatic heterocycles. The lowest BCUT2D eigenvalue weighted by molar-refractivity contribution is -0.119. The summed E-state index contributed by atoms with van der Waals surface area (Å²) >= 11 is 0. The average Bonchev–Trinajstić information content (AvgIpc) is 3.24. The second-order valence-corrected chi connectivity index (χ2v) is 9.19. The minimum absolute atomic E-state index is 0.0274. The second-order valence-electron chi connectivity index (χ2n) is 9.19. The molecule has 1 saturated heterocycles. The maximum absolute atomic E-state index is 13.0. The van der Waals surface area contributed by atoms with Crippen molar-refractivity contribution in [2.45, 2.75) is 64.8 Å². The lowest BCUT2D eigenvalue weighted by Crippen LogP contribution is -2.32. The Labute approximate surface area is 208 Å². The van der Waals surface area contributed by atoms with E-state index in [9.17, 15) is 9.59 Å². The number of fused-ring (bicyclic) bond motifs is 2. The van der Waals surface area contributed by atoms with Crippen molar-refractivity contribution in [3.63, 3.8) is 0 Å². The Kier molecular flexibility index (Phi) is 8.76. The van der Waals surface area contributed by atoms with Crippen LogP contribution in [0, 0.1) is 0 Å². The molecular weight excluding hydrogens is 440 g/mol. The summed E-state index contributed by atoms with van der Waals surface area (Å²) in [6.45, 7) is 4.53. The van der Waals surface area contributed by atoms with Gasteiger partial charge in [-0.15, -0.1) is 0 Å². The summed E-state index contributed by atoms with van der Waals surface area (Å²) in [5.41, 5.74) is 2.86. The molecule has 0 saturated carbocycles. The van der Waals surface area contributed by atoms with Gasteiger partial charge in [0.15, 0.2) is 0 Å². The van der Waals surface area contributed by atoms with Gasteiger partial charge in [-0.2, -0.15) is 0 Å². The SMILES string of the molecule is CCCCCCN(C(=O)CCCCCOc1cccc2c1CN1CC(=O)NC1=N2)c1ccccc1.